The van der Waals surface area contributed by atoms with Crippen LogP contribution in [-0.2, 0) is 22.9 Å². The largest absolute Gasteiger partial charge is 0.349 e. The molecule has 2 aromatic carbocycles. The number of nitrogens with one attached hydrogen (secondary N) is 2. The summed E-state index contributed by atoms with van der Waals surface area (Å²) in [6.45, 7) is 1.99. The van der Waals surface area contributed by atoms with Gasteiger partial charge in [-0.2, -0.15) is 0 Å². The van der Waals surface area contributed by atoms with E-state index in [1.807, 2.05) is 30.3 Å². The van der Waals surface area contributed by atoms with Crippen molar-refractivity contribution in [1.82, 2.24) is 15.5 Å². The maximum absolute atomic E-state index is 12.6. The molecule has 2 N–H and O–H groups in total. The molecule has 2 fully saturated rings. The van der Waals surface area contributed by atoms with Crippen molar-refractivity contribution >= 4 is 21.7 Å². The monoisotopic (exact) mass is 441 g/mol. The van der Waals surface area contributed by atoms with E-state index in [0.717, 1.165) is 24.0 Å². The third-order valence-electron chi connectivity index (χ3n) is 5.59. The third-order valence-corrected chi connectivity index (χ3v) is 7.20. The van der Waals surface area contributed by atoms with Gasteiger partial charge >= 0.3 is 0 Å². The molecule has 1 saturated heterocycles. The van der Waals surface area contributed by atoms with E-state index in [0.29, 0.717) is 43.3 Å². The summed E-state index contributed by atoms with van der Waals surface area (Å²) in [7, 11) is -2.91. The molecule has 0 unspecified atom stereocenters. The zero-order chi connectivity index (χ0) is 21.8. The average Bonchev–Trinajstić information content (AvgIpc) is 3.58. The van der Waals surface area contributed by atoms with E-state index < -0.39 is 9.84 Å². The Morgan fingerprint density at radius 3 is 2.19 bits per heavy atom. The highest BCUT2D eigenvalue weighted by Gasteiger charge is 2.24. The predicted octanol–water partition coefficient (Wildman–Crippen LogP) is 1.74. The first kappa shape index (κ1) is 21.5. The molecule has 1 saturated carbocycles. The number of benzene rings is 2. The predicted molar refractivity (Wildman–Crippen MR) is 118 cm³/mol. The van der Waals surface area contributed by atoms with Gasteiger partial charge in [-0.25, -0.2) is 8.42 Å². The highest BCUT2D eigenvalue weighted by molar-refractivity contribution is 7.91. The first-order valence-corrected chi connectivity index (χ1v) is 12.4. The number of nitrogens with zero attached hydrogens (tertiary/aromatic N) is 1. The normalized spacial score (nSPS) is 18.3. The number of sulfone groups is 1. The first-order valence-electron chi connectivity index (χ1n) is 10.6. The Kier molecular flexibility index (Phi) is 6.38. The van der Waals surface area contributed by atoms with Gasteiger partial charge < -0.3 is 10.6 Å². The van der Waals surface area contributed by atoms with Gasteiger partial charge in [0.2, 0.25) is 0 Å². The summed E-state index contributed by atoms with van der Waals surface area (Å²) in [6, 6.07) is 15.0. The second-order valence-electron chi connectivity index (χ2n) is 8.26. The molecule has 0 atom stereocenters. The molecule has 2 aliphatic rings. The smallest absolute Gasteiger partial charge is 0.251 e. The Labute approximate surface area is 182 Å². The maximum atomic E-state index is 12.6. The average molecular weight is 442 g/mol. The Balaban J connectivity index is 1.32. The van der Waals surface area contributed by atoms with E-state index in [-0.39, 0.29) is 23.3 Å². The van der Waals surface area contributed by atoms with Crippen molar-refractivity contribution in [2.75, 3.05) is 24.6 Å². The molecule has 4 rings (SSSR count). The number of hydrogen-bond acceptors (Lipinski definition) is 5. The van der Waals surface area contributed by atoms with Gasteiger partial charge in [0.25, 0.3) is 11.8 Å². The molecule has 1 aliphatic heterocycles. The van der Waals surface area contributed by atoms with E-state index in [4.69, 9.17) is 0 Å². The number of rotatable bonds is 7. The van der Waals surface area contributed by atoms with Gasteiger partial charge in [0.05, 0.1) is 11.5 Å². The van der Waals surface area contributed by atoms with Crippen molar-refractivity contribution < 1.29 is 18.0 Å². The minimum absolute atomic E-state index is 0.0751. The molecule has 31 heavy (non-hydrogen) atoms. The molecule has 2 aromatic rings. The van der Waals surface area contributed by atoms with Crippen molar-refractivity contribution in [3.63, 3.8) is 0 Å². The fourth-order valence-electron chi connectivity index (χ4n) is 3.58. The van der Waals surface area contributed by atoms with Crippen molar-refractivity contribution in [3.8, 4) is 0 Å². The Hall–Kier alpha value is -2.71. The Bertz CT molecular complexity index is 1070. The van der Waals surface area contributed by atoms with Crippen LogP contribution in [0.15, 0.2) is 48.5 Å². The van der Waals surface area contributed by atoms with Crippen LogP contribution in [0.1, 0.15) is 44.7 Å². The summed E-state index contributed by atoms with van der Waals surface area (Å²) in [5.41, 5.74) is 3.00. The molecule has 0 spiro atoms. The van der Waals surface area contributed by atoms with E-state index in [1.54, 1.807) is 18.2 Å². The summed E-state index contributed by atoms with van der Waals surface area (Å²) >= 11 is 0. The van der Waals surface area contributed by atoms with Crippen molar-refractivity contribution in [1.29, 1.82) is 0 Å². The molecule has 2 amide bonds. The number of carbonyl (C=O) groups is 2. The van der Waals surface area contributed by atoms with E-state index in [2.05, 4.69) is 15.5 Å². The van der Waals surface area contributed by atoms with Gasteiger partial charge in [-0.05, 0) is 48.2 Å². The second-order valence-corrected chi connectivity index (χ2v) is 10.6. The summed E-state index contributed by atoms with van der Waals surface area (Å²) in [6.07, 6.45) is 2.08. The number of carbonyl (C=O) groups excluding carboxylic acids is 2. The number of amides is 2. The zero-order valence-electron chi connectivity index (χ0n) is 17.3. The summed E-state index contributed by atoms with van der Waals surface area (Å²) in [5.74, 6) is 0.111. The van der Waals surface area contributed by atoms with Gasteiger partial charge in [-0.3, -0.25) is 14.5 Å². The van der Waals surface area contributed by atoms with Gasteiger partial charge in [-0.1, -0.05) is 24.3 Å². The third kappa shape index (κ3) is 6.15. The standard InChI is InChI=1S/C23H27N3O4S/c27-22(24-15-17-3-1-6-20(13-17)23(28)25-21-7-8-21)19-5-2-4-18(14-19)16-26-9-11-31(29,30)12-10-26/h1-6,13-14,21H,7-12,15-16H2,(H,24,27)(H,25,28). The highest BCUT2D eigenvalue weighted by atomic mass is 32.2. The molecule has 0 bridgehead atoms. The van der Waals surface area contributed by atoms with E-state index in [9.17, 15) is 18.0 Å². The van der Waals surface area contributed by atoms with Crippen molar-refractivity contribution in [3.05, 3.63) is 70.8 Å². The van der Waals surface area contributed by atoms with Gasteiger partial charge in [0.15, 0.2) is 9.84 Å². The fraction of sp³-hybridized carbons (Fsp3) is 0.391. The lowest BCUT2D eigenvalue weighted by atomic mass is 10.1. The minimum Gasteiger partial charge on any atom is -0.349 e. The van der Waals surface area contributed by atoms with Crippen LogP contribution in [0.2, 0.25) is 0 Å². The molecule has 0 aromatic heterocycles. The van der Waals surface area contributed by atoms with Crippen LogP contribution in [-0.4, -0.2) is 55.8 Å². The van der Waals surface area contributed by atoms with Crippen LogP contribution in [0.5, 0.6) is 0 Å². The molecule has 164 valence electrons. The van der Waals surface area contributed by atoms with Crippen molar-refractivity contribution in [2.24, 2.45) is 0 Å². The lowest BCUT2D eigenvalue weighted by Crippen LogP contribution is -2.39. The van der Waals surface area contributed by atoms with E-state index >= 15 is 0 Å². The molecular weight excluding hydrogens is 414 g/mol. The van der Waals surface area contributed by atoms with E-state index in [1.165, 1.54) is 0 Å². The zero-order valence-corrected chi connectivity index (χ0v) is 18.2. The molecule has 0 radical (unpaired) electrons. The summed E-state index contributed by atoms with van der Waals surface area (Å²) in [4.78, 5) is 26.9. The lowest BCUT2D eigenvalue weighted by molar-refractivity contribution is 0.0945. The molecule has 1 heterocycles. The molecule has 1 aliphatic carbocycles. The van der Waals surface area contributed by atoms with Crippen LogP contribution >= 0.6 is 0 Å². The SMILES string of the molecule is O=C(NCc1cccc(C(=O)NC2CC2)c1)c1cccc(CN2CCS(=O)(=O)CC2)c1. The van der Waals surface area contributed by atoms with Crippen LogP contribution in [0.3, 0.4) is 0 Å². The highest BCUT2D eigenvalue weighted by Crippen LogP contribution is 2.19. The first-order chi connectivity index (χ1) is 14.9. The van der Waals surface area contributed by atoms with Crippen LogP contribution < -0.4 is 10.6 Å². The fourth-order valence-corrected chi connectivity index (χ4v) is 4.86. The quantitative estimate of drug-likeness (QED) is 0.682. The maximum Gasteiger partial charge on any atom is 0.251 e. The molecule has 7 nitrogen and oxygen atoms in total. The Morgan fingerprint density at radius 2 is 1.52 bits per heavy atom. The number of hydrogen-bond donors (Lipinski definition) is 2. The van der Waals surface area contributed by atoms with Crippen LogP contribution in [0.4, 0.5) is 0 Å². The topological polar surface area (TPSA) is 95.6 Å². The summed E-state index contributed by atoms with van der Waals surface area (Å²) < 4.78 is 23.2. The Morgan fingerprint density at radius 1 is 0.903 bits per heavy atom. The van der Waals surface area contributed by atoms with Crippen LogP contribution in [0.25, 0.3) is 0 Å². The second kappa shape index (κ2) is 9.20. The van der Waals surface area contributed by atoms with Gasteiger partial charge in [0, 0.05) is 43.3 Å². The molecular formula is C23H27N3O4S. The summed E-state index contributed by atoms with van der Waals surface area (Å²) in [5, 5.41) is 5.88. The molecule has 8 heteroatoms. The van der Waals surface area contributed by atoms with Gasteiger partial charge in [0.1, 0.15) is 0 Å². The van der Waals surface area contributed by atoms with Crippen LogP contribution in [0, 0.1) is 0 Å². The minimum atomic E-state index is -2.91. The van der Waals surface area contributed by atoms with Crippen molar-refractivity contribution in [2.45, 2.75) is 32.0 Å². The van der Waals surface area contributed by atoms with Gasteiger partial charge in [-0.15, -0.1) is 0 Å². The lowest BCUT2D eigenvalue weighted by Gasteiger charge is -2.26.